The third kappa shape index (κ3) is 5.03. The van der Waals surface area contributed by atoms with Crippen LogP contribution in [0.25, 0.3) is 11.3 Å². The Labute approximate surface area is 192 Å². The monoisotopic (exact) mass is 454 g/mol. The number of nitrogens with zero attached hydrogens (tertiary/aromatic N) is 1. The van der Waals surface area contributed by atoms with Crippen molar-refractivity contribution >= 4 is 35.3 Å². The molecule has 1 saturated carbocycles. The zero-order valence-corrected chi connectivity index (χ0v) is 19.2. The molecule has 1 amide bonds. The van der Waals surface area contributed by atoms with E-state index in [0.29, 0.717) is 21.6 Å². The van der Waals surface area contributed by atoms with Crippen LogP contribution in [-0.2, 0) is 10.2 Å². The van der Waals surface area contributed by atoms with Gasteiger partial charge in [0, 0.05) is 11.5 Å². The molecule has 2 aromatic carbocycles. The number of carbonyl (C=O) groups is 1. The third-order valence-corrected chi connectivity index (χ3v) is 6.27. The molecule has 1 aromatic heterocycles. The first-order valence-electron chi connectivity index (χ1n) is 10.2. The third-order valence-electron chi connectivity index (χ3n) is 5.53. The lowest BCUT2D eigenvalue weighted by Gasteiger charge is -2.19. The lowest BCUT2D eigenvalue weighted by molar-refractivity contribution is -0.122. The molecule has 1 fully saturated rings. The van der Waals surface area contributed by atoms with Crippen LogP contribution in [0.15, 0.2) is 64.1 Å². The van der Waals surface area contributed by atoms with E-state index >= 15 is 0 Å². The van der Waals surface area contributed by atoms with Gasteiger partial charge in [0.15, 0.2) is 0 Å². The molecule has 1 aliphatic rings. The van der Waals surface area contributed by atoms with Gasteiger partial charge in [-0.3, -0.25) is 4.79 Å². The Bertz CT molecular complexity index is 1130. The first kappa shape index (κ1) is 21.7. The molecule has 4 nitrogen and oxygen atoms in total. The summed E-state index contributed by atoms with van der Waals surface area (Å²) in [5, 5.41) is 5.00. The lowest BCUT2D eigenvalue weighted by Crippen LogP contribution is -2.20. The van der Waals surface area contributed by atoms with Crippen molar-refractivity contribution in [3.05, 3.63) is 81.5 Å². The smallest absolute Gasteiger partial charge is 0.243 e. The molecule has 0 bridgehead atoms. The highest BCUT2D eigenvalue weighted by atomic mass is 35.5. The molecule has 0 saturated heterocycles. The molecule has 160 valence electrons. The van der Waals surface area contributed by atoms with Gasteiger partial charge in [0.25, 0.3) is 0 Å². The van der Waals surface area contributed by atoms with Crippen molar-refractivity contribution in [2.24, 2.45) is 11.0 Å². The molecule has 0 spiro atoms. The molecule has 1 aliphatic carbocycles. The summed E-state index contributed by atoms with van der Waals surface area (Å²) in [5.41, 5.74) is 6.06. The summed E-state index contributed by atoms with van der Waals surface area (Å²) in [6.07, 6.45) is 2.34. The topological polar surface area (TPSA) is 54.6 Å². The van der Waals surface area contributed by atoms with Gasteiger partial charge in [-0.25, -0.2) is 5.43 Å². The summed E-state index contributed by atoms with van der Waals surface area (Å²) < 4.78 is 5.75. The minimum atomic E-state index is -0.0718. The molecule has 4 rings (SSSR count). The second-order valence-electron chi connectivity index (χ2n) is 8.89. The fraction of sp³-hybridized carbons (Fsp3) is 0.280. The molecule has 2 atom stereocenters. The Morgan fingerprint density at radius 3 is 2.48 bits per heavy atom. The van der Waals surface area contributed by atoms with Crippen molar-refractivity contribution < 1.29 is 9.21 Å². The highest BCUT2D eigenvalue weighted by Gasteiger charge is 2.44. The summed E-state index contributed by atoms with van der Waals surface area (Å²) in [5.74, 6) is 1.33. The lowest BCUT2D eigenvalue weighted by atomic mass is 9.86. The Morgan fingerprint density at radius 2 is 1.81 bits per heavy atom. The predicted octanol–water partition coefficient (Wildman–Crippen LogP) is 6.80. The summed E-state index contributed by atoms with van der Waals surface area (Å²) >= 11 is 12.0. The van der Waals surface area contributed by atoms with Gasteiger partial charge in [0.1, 0.15) is 11.5 Å². The van der Waals surface area contributed by atoms with Gasteiger partial charge in [-0.05, 0) is 59.2 Å². The minimum Gasteiger partial charge on any atom is -0.455 e. The number of hydrogen-bond donors (Lipinski definition) is 1. The average molecular weight is 455 g/mol. The van der Waals surface area contributed by atoms with E-state index in [1.807, 2.05) is 12.1 Å². The highest BCUT2D eigenvalue weighted by Crippen LogP contribution is 2.47. The first-order chi connectivity index (χ1) is 14.7. The molecular weight excluding hydrogens is 431 g/mol. The number of halogens is 2. The maximum absolute atomic E-state index is 12.4. The zero-order chi connectivity index (χ0) is 22.2. The van der Waals surface area contributed by atoms with Gasteiger partial charge >= 0.3 is 0 Å². The maximum Gasteiger partial charge on any atom is 0.243 e. The van der Waals surface area contributed by atoms with Gasteiger partial charge in [-0.2, -0.15) is 5.10 Å². The number of benzene rings is 2. The maximum atomic E-state index is 12.4. The minimum absolute atomic E-state index is 0.0407. The number of rotatable bonds is 5. The van der Waals surface area contributed by atoms with Gasteiger partial charge in [0.05, 0.1) is 16.3 Å². The number of amides is 1. The summed E-state index contributed by atoms with van der Waals surface area (Å²) in [7, 11) is 0. The van der Waals surface area contributed by atoms with Crippen LogP contribution in [0.3, 0.4) is 0 Å². The number of carbonyl (C=O) groups excluding carboxylic acids is 1. The molecule has 1 heterocycles. The van der Waals surface area contributed by atoms with E-state index in [0.717, 1.165) is 12.0 Å². The molecule has 6 heteroatoms. The normalized spacial score (nSPS) is 18.4. The van der Waals surface area contributed by atoms with Crippen LogP contribution in [0.5, 0.6) is 0 Å². The molecule has 0 radical (unpaired) electrons. The van der Waals surface area contributed by atoms with E-state index in [9.17, 15) is 4.79 Å². The summed E-state index contributed by atoms with van der Waals surface area (Å²) in [6, 6.07) is 17.5. The van der Waals surface area contributed by atoms with Crippen LogP contribution in [0, 0.1) is 5.92 Å². The molecular formula is C25H24Cl2N2O2. The molecule has 1 N–H and O–H groups in total. The number of furan rings is 1. The Morgan fingerprint density at radius 1 is 1.06 bits per heavy atom. The van der Waals surface area contributed by atoms with Crippen LogP contribution < -0.4 is 5.43 Å². The van der Waals surface area contributed by atoms with E-state index in [4.69, 9.17) is 27.6 Å². The van der Waals surface area contributed by atoms with Crippen molar-refractivity contribution in [2.75, 3.05) is 0 Å². The SMILES string of the molecule is CC(C)(C)c1ccc(C2CC2C(=O)NN=Cc2ccc(-c3ccc(Cl)c(Cl)c3)o2)cc1. The summed E-state index contributed by atoms with van der Waals surface area (Å²) in [6.45, 7) is 6.58. The zero-order valence-electron chi connectivity index (χ0n) is 17.7. The van der Waals surface area contributed by atoms with E-state index in [2.05, 4.69) is 55.6 Å². The molecule has 31 heavy (non-hydrogen) atoms. The second-order valence-corrected chi connectivity index (χ2v) is 9.70. The fourth-order valence-electron chi connectivity index (χ4n) is 3.55. The van der Waals surface area contributed by atoms with E-state index in [1.54, 1.807) is 18.2 Å². The molecule has 2 unspecified atom stereocenters. The Hall–Kier alpha value is -2.56. The molecule has 0 aliphatic heterocycles. The van der Waals surface area contributed by atoms with Crippen molar-refractivity contribution in [1.29, 1.82) is 0 Å². The predicted molar refractivity (Wildman–Crippen MR) is 126 cm³/mol. The van der Waals surface area contributed by atoms with Crippen molar-refractivity contribution in [3.63, 3.8) is 0 Å². The first-order valence-corrected chi connectivity index (χ1v) is 11.0. The van der Waals surface area contributed by atoms with Crippen LogP contribution in [0.4, 0.5) is 0 Å². The standard InChI is InChI=1S/C25H24Cl2N2O2/c1-25(2,3)17-7-4-15(5-8-17)19-13-20(19)24(30)29-28-14-18-9-11-23(31-18)16-6-10-21(26)22(27)12-16/h4-12,14,19-20H,13H2,1-3H3,(H,29,30). The van der Waals surface area contributed by atoms with E-state index in [1.165, 1.54) is 17.3 Å². The molecule has 3 aromatic rings. The largest absolute Gasteiger partial charge is 0.455 e. The van der Waals surface area contributed by atoms with Crippen LogP contribution in [0.2, 0.25) is 10.0 Å². The van der Waals surface area contributed by atoms with E-state index < -0.39 is 0 Å². The Kier molecular flexibility index (Phi) is 5.96. The number of hydrazone groups is 1. The van der Waals surface area contributed by atoms with Crippen LogP contribution >= 0.6 is 23.2 Å². The van der Waals surface area contributed by atoms with Crippen molar-refractivity contribution in [3.8, 4) is 11.3 Å². The van der Waals surface area contributed by atoms with Crippen LogP contribution in [0.1, 0.15) is 50.0 Å². The van der Waals surface area contributed by atoms with Gasteiger partial charge in [0.2, 0.25) is 5.91 Å². The van der Waals surface area contributed by atoms with Gasteiger partial charge in [-0.1, -0.05) is 68.2 Å². The van der Waals surface area contributed by atoms with Crippen LogP contribution in [-0.4, -0.2) is 12.1 Å². The Balaban J connectivity index is 1.32. The van der Waals surface area contributed by atoms with E-state index in [-0.39, 0.29) is 23.2 Å². The average Bonchev–Trinajstić information content (AvgIpc) is 3.40. The van der Waals surface area contributed by atoms with Crippen molar-refractivity contribution in [1.82, 2.24) is 5.43 Å². The fourth-order valence-corrected chi connectivity index (χ4v) is 3.85. The number of nitrogens with one attached hydrogen (secondary N) is 1. The summed E-state index contributed by atoms with van der Waals surface area (Å²) in [4.78, 5) is 12.4. The quantitative estimate of drug-likeness (QED) is 0.340. The highest BCUT2D eigenvalue weighted by molar-refractivity contribution is 6.42. The van der Waals surface area contributed by atoms with Gasteiger partial charge in [-0.15, -0.1) is 0 Å². The number of hydrogen-bond acceptors (Lipinski definition) is 3. The van der Waals surface area contributed by atoms with Gasteiger partial charge < -0.3 is 4.42 Å². The van der Waals surface area contributed by atoms with Crippen molar-refractivity contribution in [2.45, 2.75) is 38.5 Å². The second kappa shape index (κ2) is 8.52.